The quantitative estimate of drug-likeness (QED) is 0.386. The van der Waals surface area contributed by atoms with Crippen molar-refractivity contribution in [2.45, 2.75) is 0 Å². The van der Waals surface area contributed by atoms with E-state index < -0.39 is 22.7 Å². The molecule has 0 aliphatic heterocycles. The van der Waals surface area contributed by atoms with Crippen molar-refractivity contribution >= 4 is 45.8 Å². The molecule has 0 aromatic heterocycles. The fourth-order valence-corrected chi connectivity index (χ4v) is 0.448. The first-order valence-electron chi connectivity index (χ1n) is 1.03. The minimum atomic E-state index is -2.65. The van der Waals surface area contributed by atoms with E-state index in [9.17, 15) is 8.42 Å². The maximum Gasteiger partial charge on any atom is 0.317 e. The standard InChI is InChI=1S/Mg.H2O5S2.2H/c;1-6(2)5-7(3)4;;/h;(H,1,2)(H,3,4);;. The maximum absolute atomic E-state index is 9.35. The summed E-state index contributed by atoms with van der Waals surface area (Å²) in [6.07, 6.45) is 0. The summed E-state index contributed by atoms with van der Waals surface area (Å²) in [5.41, 5.74) is 0. The van der Waals surface area contributed by atoms with Crippen LogP contribution in [0.2, 0.25) is 0 Å². The molecule has 5 nitrogen and oxygen atoms in total. The van der Waals surface area contributed by atoms with Gasteiger partial charge in [0.25, 0.3) is 0 Å². The molecule has 8 heteroatoms. The second-order valence-electron chi connectivity index (χ2n) is 0.502. The van der Waals surface area contributed by atoms with Gasteiger partial charge in [0.15, 0.2) is 0 Å². The first-order valence-corrected chi connectivity index (χ1v) is 3.10. The van der Waals surface area contributed by atoms with Gasteiger partial charge in [0.1, 0.15) is 0 Å². The van der Waals surface area contributed by atoms with E-state index in [0.29, 0.717) is 0 Å². The third-order valence-corrected chi connectivity index (χ3v) is 1.05. The molecule has 0 aliphatic carbocycles. The minimum Gasteiger partial charge on any atom is -0.283 e. The minimum absolute atomic E-state index is 0. The van der Waals surface area contributed by atoms with Crippen LogP contribution in [0.5, 0.6) is 0 Å². The highest BCUT2D eigenvalue weighted by atomic mass is 32.3. The predicted molar refractivity (Wildman–Crippen MR) is 31.2 cm³/mol. The molecule has 0 heterocycles. The van der Waals surface area contributed by atoms with Crippen LogP contribution in [0.3, 0.4) is 0 Å². The summed E-state index contributed by atoms with van der Waals surface area (Å²) in [5.74, 6) is 0. The van der Waals surface area contributed by atoms with Crippen LogP contribution in [0.4, 0.5) is 0 Å². The van der Waals surface area contributed by atoms with Crippen molar-refractivity contribution in [2.75, 3.05) is 0 Å². The zero-order valence-corrected chi connectivity index (χ0v) is 4.57. The molecule has 0 amide bonds. The highest BCUT2D eigenvalue weighted by Crippen LogP contribution is 1.79. The Kier molecular flexibility index (Phi) is 8.89. The van der Waals surface area contributed by atoms with Gasteiger partial charge in [-0.15, -0.1) is 3.63 Å². The van der Waals surface area contributed by atoms with E-state index >= 15 is 0 Å². The molecule has 0 saturated carbocycles. The highest BCUT2D eigenvalue weighted by Gasteiger charge is 1.95. The zero-order chi connectivity index (χ0) is 5.86. The number of hydrogen-bond acceptors (Lipinski definition) is 3. The molecular weight excluding hydrogens is 168 g/mol. The molecule has 48 valence electrons. The Morgan fingerprint density at radius 2 is 1.38 bits per heavy atom. The van der Waals surface area contributed by atoms with Gasteiger partial charge < -0.3 is 0 Å². The van der Waals surface area contributed by atoms with E-state index in [2.05, 4.69) is 3.63 Å². The normalized spacial score (nSPS) is 16.2. The van der Waals surface area contributed by atoms with Gasteiger partial charge in [-0.05, 0) is 0 Å². The summed E-state index contributed by atoms with van der Waals surface area (Å²) in [7, 11) is 0. The lowest BCUT2D eigenvalue weighted by Crippen LogP contribution is -1.96. The molecule has 0 aromatic rings. The van der Waals surface area contributed by atoms with Gasteiger partial charge in [-0.2, -0.15) is 8.42 Å². The van der Waals surface area contributed by atoms with E-state index in [1.807, 2.05) is 0 Å². The van der Waals surface area contributed by atoms with Crippen LogP contribution in [0, 0.1) is 0 Å². The van der Waals surface area contributed by atoms with Crippen LogP contribution in [0.25, 0.3) is 0 Å². The Bertz CT molecular complexity index is 86.6. The molecule has 0 unspecified atom stereocenters. The van der Waals surface area contributed by atoms with Crippen molar-refractivity contribution in [3.63, 3.8) is 0 Å². The van der Waals surface area contributed by atoms with Crippen LogP contribution < -0.4 is 0 Å². The SMILES string of the molecule is O=S(O)OS(=O)O.[MgH2]. The molecule has 0 saturated heterocycles. The summed E-state index contributed by atoms with van der Waals surface area (Å²) in [6.45, 7) is 0. The Morgan fingerprint density at radius 3 is 1.38 bits per heavy atom. The first kappa shape index (κ1) is 11.7. The van der Waals surface area contributed by atoms with E-state index in [1.54, 1.807) is 0 Å². The predicted octanol–water partition coefficient (Wildman–Crippen LogP) is -1.64. The maximum atomic E-state index is 9.35. The average Bonchev–Trinajstić information content (AvgIpc) is 1.27. The van der Waals surface area contributed by atoms with Crippen LogP contribution >= 0.6 is 0 Å². The first-order chi connectivity index (χ1) is 3.13. The van der Waals surface area contributed by atoms with Crippen molar-refractivity contribution in [1.82, 2.24) is 0 Å². The fraction of sp³-hybridized carbons (Fsp3) is 0. The van der Waals surface area contributed by atoms with Crippen molar-refractivity contribution < 1.29 is 21.2 Å². The van der Waals surface area contributed by atoms with Gasteiger partial charge in [0, 0.05) is 0 Å². The van der Waals surface area contributed by atoms with Crippen LogP contribution in [-0.4, -0.2) is 40.6 Å². The number of hydrogen-bond donors (Lipinski definition) is 2. The Balaban J connectivity index is 0. The van der Waals surface area contributed by atoms with Gasteiger partial charge in [-0.25, -0.2) is 0 Å². The van der Waals surface area contributed by atoms with Gasteiger partial charge in [-0.3, -0.25) is 9.11 Å². The van der Waals surface area contributed by atoms with Crippen molar-refractivity contribution in [2.24, 2.45) is 0 Å². The number of rotatable bonds is 2. The zero-order valence-electron chi connectivity index (χ0n) is 2.94. The van der Waals surface area contributed by atoms with E-state index in [-0.39, 0.29) is 23.1 Å². The van der Waals surface area contributed by atoms with Crippen LogP contribution in [0.15, 0.2) is 0 Å². The monoisotopic (exact) mass is 172 g/mol. The highest BCUT2D eigenvalue weighted by molar-refractivity contribution is 7.87. The summed E-state index contributed by atoms with van der Waals surface area (Å²) < 4.78 is 37.2. The van der Waals surface area contributed by atoms with Crippen molar-refractivity contribution in [3.8, 4) is 0 Å². The molecule has 8 heavy (non-hydrogen) atoms. The Hall–Kier alpha value is 0.946. The lowest BCUT2D eigenvalue weighted by molar-refractivity contribution is 0.427. The fourth-order valence-electron chi connectivity index (χ4n) is 0.0498. The van der Waals surface area contributed by atoms with Gasteiger partial charge >= 0.3 is 45.8 Å². The third kappa shape index (κ3) is 10.0. The molecule has 0 radical (unpaired) electrons. The smallest absolute Gasteiger partial charge is 0.283 e. The lowest BCUT2D eigenvalue weighted by Gasteiger charge is -1.82. The van der Waals surface area contributed by atoms with E-state index in [4.69, 9.17) is 9.11 Å². The second kappa shape index (κ2) is 6.07. The van der Waals surface area contributed by atoms with Crippen molar-refractivity contribution in [1.29, 1.82) is 0 Å². The average molecular weight is 172 g/mol. The lowest BCUT2D eigenvalue weighted by atomic mass is 15.8. The van der Waals surface area contributed by atoms with Gasteiger partial charge in [-0.1, -0.05) is 0 Å². The third-order valence-electron chi connectivity index (χ3n) is 0.116. The molecular formula is H4MgO5S2. The summed E-state index contributed by atoms with van der Waals surface area (Å²) in [4.78, 5) is 0. The molecule has 0 bridgehead atoms. The largest absolute Gasteiger partial charge is 0.317 e. The summed E-state index contributed by atoms with van der Waals surface area (Å²) in [6, 6.07) is 0. The van der Waals surface area contributed by atoms with Gasteiger partial charge in [0.2, 0.25) is 0 Å². The summed E-state index contributed by atoms with van der Waals surface area (Å²) >= 11 is -5.29. The Morgan fingerprint density at radius 1 is 1.12 bits per heavy atom. The van der Waals surface area contributed by atoms with Gasteiger partial charge in [0.05, 0.1) is 0 Å². The van der Waals surface area contributed by atoms with E-state index in [0.717, 1.165) is 0 Å². The second-order valence-corrected chi connectivity index (χ2v) is 1.92. The Labute approximate surface area is 66.9 Å². The van der Waals surface area contributed by atoms with Crippen molar-refractivity contribution in [3.05, 3.63) is 0 Å². The van der Waals surface area contributed by atoms with Crippen LogP contribution in [0.1, 0.15) is 0 Å². The summed E-state index contributed by atoms with van der Waals surface area (Å²) in [5, 5.41) is 0. The van der Waals surface area contributed by atoms with E-state index in [1.165, 1.54) is 0 Å². The molecule has 0 spiro atoms. The molecule has 0 fully saturated rings. The molecule has 0 rings (SSSR count). The molecule has 0 atom stereocenters. The van der Waals surface area contributed by atoms with Crippen LogP contribution in [-0.2, 0) is 26.4 Å². The molecule has 0 aliphatic rings. The topological polar surface area (TPSA) is 83.8 Å². The molecule has 2 N–H and O–H groups in total. The molecule has 0 aromatic carbocycles.